The van der Waals surface area contributed by atoms with E-state index in [4.69, 9.17) is 10.00 Å². The molecular formula is C14H22N2O2. The van der Waals surface area contributed by atoms with Crippen molar-refractivity contribution in [3.63, 3.8) is 0 Å². The van der Waals surface area contributed by atoms with E-state index >= 15 is 0 Å². The molecule has 0 aromatic rings. The first-order chi connectivity index (χ1) is 8.71. The van der Waals surface area contributed by atoms with Gasteiger partial charge in [-0.05, 0) is 44.6 Å². The summed E-state index contributed by atoms with van der Waals surface area (Å²) < 4.78 is 5.16. The molecule has 1 aliphatic heterocycles. The van der Waals surface area contributed by atoms with E-state index in [1.165, 1.54) is 0 Å². The molecule has 18 heavy (non-hydrogen) atoms. The van der Waals surface area contributed by atoms with Gasteiger partial charge in [-0.3, -0.25) is 9.69 Å². The van der Waals surface area contributed by atoms with Gasteiger partial charge in [0, 0.05) is 13.0 Å². The third-order valence-corrected chi connectivity index (χ3v) is 4.12. The largest absolute Gasteiger partial charge is 0.465 e. The van der Waals surface area contributed by atoms with Crippen LogP contribution in [0.2, 0.25) is 0 Å². The number of carbonyl (C=O) groups excluding carboxylic acids is 1. The van der Waals surface area contributed by atoms with Gasteiger partial charge < -0.3 is 4.74 Å². The zero-order chi connectivity index (χ0) is 13.0. The normalized spacial score (nSPS) is 26.3. The number of nitriles is 1. The lowest BCUT2D eigenvalue weighted by atomic mass is 9.97. The first-order valence-electron chi connectivity index (χ1n) is 6.98. The Balaban J connectivity index is 1.96. The highest BCUT2D eigenvalue weighted by Crippen LogP contribution is 2.49. The number of rotatable bonds is 5. The first kappa shape index (κ1) is 13.4. The molecule has 1 atom stereocenters. The molecule has 0 amide bonds. The van der Waals surface area contributed by atoms with Gasteiger partial charge in [-0.25, -0.2) is 0 Å². The van der Waals surface area contributed by atoms with Crippen molar-refractivity contribution in [2.75, 3.05) is 19.7 Å². The zero-order valence-electron chi connectivity index (χ0n) is 11.2. The molecule has 0 radical (unpaired) electrons. The number of esters is 1. The van der Waals surface area contributed by atoms with Crippen LogP contribution in [-0.4, -0.2) is 36.6 Å². The van der Waals surface area contributed by atoms with E-state index in [0.717, 1.165) is 45.2 Å². The molecule has 1 heterocycles. The maximum Gasteiger partial charge on any atom is 0.323 e. The van der Waals surface area contributed by atoms with Gasteiger partial charge in [0.15, 0.2) is 0 Å². The molecule has 1 aliphatic carbocycles. The van der Waals surface area contributed by atoms with Crippen LogP contribution in [0.15, 0.2) is 0 Å². The van der Waals surface area contributed by atoms with Gasteiger partial charge >= 0.3 is 5.97 Å². The van der Waals surface area contributed by atoms with Crippen LogP contribution in [0.25, 0.3) is 0 Å². The average Bonchev–Trinajstić information content (AvgIpc) is 3.10. The van der Waals surface area contributed by atoms with Crippen LogP contribution in [-0.2, 0) is 9.53 Å². The molecule has 4 nitrogen and oxygen atoms in total. The van der Waals surface area contributed by atoms with Gasteiger partial charge in [0.05, 0.1) is 12.7 Å². The fourth-order valence-electron chi connectivity index (χ4n) is 2.85. The summed E-state index contributed by atoms with van der Waals surface area (Å²) in [6.07, 6.45) is 6.05. The lowest BCUT2D eigenvalue weighted by Gasteiger charge is -2.36. The third kappa shape index (κ3) is 3.02. The fraction of sp³-hybridized carbons (Fsp3) is 0.857. The molecule has 2 rings (SSSR count). The smallest absolute Gasteiger partial charge is 0.323 e. The van der Waals surface area contributed by atoms with Crippen molar-refractivity contribution >= 4 is 5.97 Å². The predicted octanol–water partition coefficient (Wildman–Crippen LogP) is 2.10. The molecule has 0 N–H and O–H groups in total. The summed E-state index contributed by atoms with van der Waals surface area (Å²) in [5.74, 6) is -0.0787. The lowest BCUT2D eigenvalue weighted by Crippen LogP contribution is -2.47. The van der Waals surface area contributed by atoms with Crippen molar-refractivity contribution in [2.24, 2.45) is 5.41 Å². The highest BCUT2D eigenvalue weighted by molar-refractivity contribution is 5.75. The highest BCUT2D eigenvalue weighted by atomic mass is 16.5. The van der Waals surface area contributed by atoms with Gasteiger partial charge in [0.25, 0.3) is 0 Å². The molecule has 1 unspecified atom stereocenters. The summed E-state index contributed by atoms with van der Waals surface area (Å²) in [7, 11) is 0. The Morgan fingerprint density at radius 2 is 2.28 bits per heavy atom. The Hall–Kier alpha value is -1.08. The minimum absolute atomic E-state index is 0.0742. The van der Waals surface area contributed by atoms with Crippen molar-refractivity contribution in [1.29, 1.82) is 5.26 Å². The van der Waals surface area contributed by atoms with Gasteiger partial charge in [0.2, 0.25) is 0 Å². The van der Waals surface area contributed by atoms with Crippen LogP contribution >= 0.6 is 0 Å². The molecule has 0 aromatic heterocycles. The fourth-order valence-corrected chi connectivity index (χ4v) is 2.85. The van der Waals surface area contributed by atoms with Crippen LogP contribution in [0.4, 0.5) is 0 Å². The summed E-state index contributed by atoms with van der Waals surface area (Å²) in [6, 6.07) is 2.21. The second-order valence-corrected chi connectivity index (χ2v) is 5.57. The number of piperidine rings is 1. The van der Waals surface area contributed by atoms with E-state index in [0.29, 0.717) is 13.0 Å². The second-order valence-electron chi connectivity index (χ2n) is 5.57. The van der Waals surface area contributed by atoms with Crippen LogP contribution in [0.5, 0.6) is 0 Å². The topological polar surface area (TPSA) is 53.3 Å². The predicted molar refractivity (Wildman–Crippen MR) is 67.7 cm³/mol. The Morgan fingerprint density at radius 1 is 1.50 bits per heavy atom. The molecule has 0 spiro atoms. The van der Waals surface area contributed by atoms with Crippen LogP contribution in [0.1, 0.15) is 45.4 Å². The molecule has 2 aliphatic rings. The average molecular weight is 250 g/mol. The standard InChI is InChI=1S/C14H22N2O2/c1-2-18-13(17)12-5-3-4-10-16(12)11-14(6-7-14)8-9-15/h12H,2-8,10-11H2,1H3. The zero-order valence-corrected chi connectivity index (χ0v) is 11.2. The minimum atomic E-state index is -0.0787. The molecular weight excluding hydrogens is 228 g/mol. The quantitative estimate of drug-likeness (QED) is 0.701. The summed E-state index contributed by atoms with van der Waals surface area (Å²) in [5.41, 5.74) is 0.177. The first-order valence-corrected chi connectivity index (χ1v) is 6.98. The van der Waals surface area contributed by atoms with Crippen molar-refractivity contribution in [3.05, 3.63) is 0 Å². The van der Waals surface area contributed by atoms with Crippen molar-refractivity contribution in [1.82, 2.24) is 4.90 Å². The molecule has 4 heteroatoms. The van der Waals surface area contributed by atoms with Crippen LogP contribution in [0.3, 0.4) is 0 Å². The van der Waals surface area contributed by atoms with Gasteiger partial charge in [-0.2, -0.15) is 5.26 Å². The number of likely N-dealkylation sites (tertiary alicyclic amines) is 1. The molecule has 100 valence electrons. The Morgan fingerprint density at radius 3 is 2.89 bits per heavy atom. The van der Waals surface area contributed by atoms with E-state index in [1.54, 1.807) is 0 Å². The lowest BCUT2D eigenvalue weighted by molar-refractivity contribution is -0.151. The van der Waals surface area contributed by atoms with Gasteiger partial charge in [-0.15, -0.1) is 0 Å². The monoisotopic (exact) mass is 250 g/mol. The minimum Gasteiger partial charge on any atom is -0.465 e. The van der Waals surface area contributed by atoms with E-state index in [-0.39, 0.29) is 17.4 Å². The maximum atomic E-state index is 11.9. The van der Waals surface area contributed by atoms with E-state index in [9.17, 15) is 4.79 Å². The number of ether oxygens (including phenoxy) is 1. The Kier molecular flexibility index (Phi) is 4.23. The maximum absolute atomic E-state index is 11.9. The van der Waals surface area contributed by atoms with Crippen molar-refractivity contribution in [2.45, 2.75) is 51.5 Å². The molecule has 1 saturated heterocycles. The summed E-state index contributed by atoms with van der Waals surface area (Å²) in [6.45, 7) is 4.16. The summed E-state index contributed by atoms with van der Waals surface area (Å²) >= 11 is 0. The molecule has 2 fully saturated rings. The van der Waals surface area contributed by atoms with Crippen LogP contribution in [0, 0.1) is 16.7 Å². The molecule has 0 aromatic carbocycles. The van der Waals surface area contributed by atoms with Crippen molar-refractivity contribution < 1.29 is 9.53 Å². The number of carbonyl (C=O) groups is 1. The summed E-state index contributed by atoms with van der Waals surface area (Å²) in [5, 5.41) is 8.87. The third-order valence-electron chi connectivity index (χ3n) is 4.12. The Labute approximate surface area is 109 Å². The van der Waals surface area contributed by atoms with E-state index < -0.39 is 0 Å². The van der Waals surface area contributed by atoms with Crippen LogP contribution < -0.4 is 0 Å². The van der Waals surface area contributed by atoms with E-state index in [2.05, 4.69) is 11.0 Å². The second kappa shape index (κ2) is 5.71. The molecule has 0 bridgehead atoms. The number of hydrogen-bond acceptors (Lipinski definition) is 4. The number of nitrogens with zero attached hydrogens (tertiary/aromatic N) is 2. The number of hydrogen-bond donors (Lipinski definition) is 0. The van der Waals surface area contributed by atoms with Crippen molar-refractivity contribution in [3.8, 4) is 6.07 Å². The highest BCUT2D eigenvalue weighted by Gasteiger charge is 2.45. The summed E-state index contributed by atoms with van der Waals surface area (Å²) in [4.78, 5) is 14.2. The molecule has 1 saturated carbocycles. The van der Waals surface area contributed by atoms with Gasteiger partial charge in [0.1, 0.15) is 6.04 Å². The van der Waals surface area contributed by atoms with Gasteiger partial charge in [-0.1, -0.05) is 6.42 Å². The SMILES string of the molecule is CCOC(=O)C1CCCCN1CC1(CC#N)CC1. The van der Waals surface area contributed by atoms with E-state index in [1.807, 2.05) is 6.92 Å². The Bertz CT molecular complexity index is 344.